The van der Waals surface area contributed by atoms with Crippen LogP contribution in [0.4, 0.5) is 0 Å². The maximum Gasteiger partial charge on any atom is 0.245 e. The van der Waals surface area contributed by atoms with E-state index in [0.717, 1.165) is 16.6 Å². The molecule has 0 aliphatic rings. The summed E-state index contributed by atoms with van der Waals surface area (Å²) in [5.74, 6) is 0.863. The monoisotopic (exact) mass is 485 g/mol. The Labute approximate surface area is 183 Å². The van der Waals surface area contributed by atoms with Gasteiger partial charge in [0, 0.05) is 11.5 Å². The van der Waals surface area contributed by atoms with E-state index in [2.05, 4.69) is 20.7 Å². The highest BCUT2D eigenvalue weighted by atomic mass is 79.9. The lowest BCUT2D eigenvalue weighted by atomic mass is 10.1. The van der Waals surface area contributed by atoms with E-state index in [1.54, 1.807) is 12.1 Å². The van der Waals surface area contributed by atoms with Crippen molar-refractivity contribution in [2.24, 2.45) is 7.05 Å². The molecular weight excluding hydrogens is 466 g/mol. The smallest absolute Gasteiger partial charge is 0.245 e. The number of aromatic nitrogens is 2. The number of benzene rings is 3. The molecule has 6 nitrogen and oxygen atoms in total. The van der Waals surface area contributed by atoms with Gasteiger partial charge in [-0.15, -0.1) is 0 Å². The van der Waals surface area contributed by atoms with E-state index in [4.69, 9.17) is 9.72 Å². The van der Waals surface area contributed by atoms with Gasteiger partial charge in [0.15, 0.2) is 0 Å². The standard InChI is InChI=1S/C22H20BrN3O3S/c1-26-18-11-7-6-10-17(18)24-22(26)21(15-8-4-3-5-9-15)25-30(27,28)20-14-16(23)12-13-19(20)29-2/h3-14,21,25H,1-2H3. The third-order valence-corrected chi connectivity index (χ3v) is 6.84. The summed E-state index contributed by atoms with van der Waals surface area (Å²) >= 11 is 3.34. The second kappa shape index (κ2) is 8.22. The fourth-order valence-corrected chi connectivity index (χ4v) is 5.31. The van der Waals surface area contributed by atoms with Gasteiger partial charge in [0.1, 0.15) is 22.5 Å². The number of nitrogens with one attached hydrogen (secondary N) is 1. The molecule has 1 aromatic heterocycles. The SMILES string of the molecule is COc1ccc(Br)cc1S(=O)(=O)NC(c1ccccc1)c1nc2ccccc2n1C. The van der Waals surface area contributed by atoms with Crippen molar-refractivity contribution in [2.75, 3.05) is 7.11 Å². The molecule has 0 bridgehead atoms. The summed E-state index contributed by atoms with van der Waals surface area (Å²) in [5.41, 5.74) is 2.51. The van der Waals surface area contributed by atoms with Crippen molar-refractivity contribution in [1.82, 2.24) is 14.3 Å². The number of rotatable bonds is 6. The van der Waals surface area contributed by atoms with E-state index in [0.29, 0.717) is 10.3 Å². The average molecular weight is 486 g/mol. The molecule has 3 aromatic carbocycles. The molecule has 0 radical (unpaired) electrons. The molecule has 1 N–H and O–H groups in total. The van der Waals surface area contributed by atoms with Crippen molar-refractivity contribution in [2.45, 2.75) is 10.9 Å². The molecule has 30 heavy (non-hydrogen) atoms. The summed E-state index contributed by atoms with van der Waals surface area (Å²) in [6, 6.07) is 21.3. The molecule has 0 saturated carbocycles. The number of hydrogen-bond acceptors (Lipinski definition) is 4. The normalized spacial score (nSPS) is 12.8. The predicted molar refractivity (Wildman–Crippen MR) is 120 cm³/mol. The van der Waals surface area contributed by atoms with Crippen LogP contribution in [0.2, 0.25) is 0 Å². The van der Waals surface area contributed by atoms with Crippen LogP contribution < -0.4 is 9.46 Å². The zero-order chi connectivity index (χ0) is 21.3. The number of halogens is 1. The number of nitrogens with zero attached hydrogens (tertiary/aromatic N) is 2. The maximum absolute atomic E-state index is 13.4. The zero-order valence-corrected chi connectivity index (χ0v) is 18.8. The molecule has 154 valence electrons. The van der Waals surface area contributed by atoms with Gasteiger partial charge in [0.2, 0.25) is 10.0 Å². The van der Waals surface area contributed by atoms with E-state index in [1.807, 2.05) is 66.2 Å². The molecule has 8 heteroatoms. The summed E-state index contributed by atoms with van der Waals surface area (Å²) < 4.78 is 37.5. The van der Waals surface area contributed by atoms with Crippen LogP contribution in [0.5, 0.6) is 5.75 Å². The zero-order valence-electron chi connectivity index (χ0n) is 16.4. The fourth-order valence-electron chi connectivity index (χ4n) is 3.42. The molecule has 0 amide bonds. The topological polar surface area (TPSA) is 73.2 Å². The minimum absolute atomic E-state index is 0.0547. The second-order valence-electron chi connectivity index (χ2n) is 6.78. The molecule has 4 rings (SSSR count). The van der Waals surface area contributed by atoms with Crippen LogP contribution in [0.1, 0.15) is 17.4 Å². The van der Waals surface area contributed by atoms with E-state index in [9.17, 15) is 8.42 Å². The van der Waals surface area contributed by atoms with Gasteiger partial charge >= 0.3 is 0 Å². The van der Waals surface area contributed by atoms with Crippen LogP contribution in [-0.2, 0) is 17.1 Å². The highest BCUT2D eigenvalue weighted by Crippen LogP contribution is 2.31. The number of fused-ring (bicyclic) bond motifs is 1. The molecule has 0 saturated heterocycles. The van der Waals surface area contributed by atoms with E-state index in [1.165, 1.54) is 13.2 Å². The molecule has 0 spiro atoms. The summed E-state index contributed by atoms with van der Waals surface area (Å²) in [5, 5.41) is 0. The summed E-state index contributed by atoms with van der Waals surface area (Å²) in [6.07, 6.45) is 0. The van der Waals surface area contributed by atoms with Crippen LogP contribution in [0.3, 0.4) is 0 Å². The third kappa shape index (κ3) is 3.86. The Balaban J connectivity index is 1.86. The van der Waals surface area contributed by atoms with Crippen molar-refractivity contribution in [3.05, 3.63) is 88.7 Å². The van der Waals surface area contributed by atoms with Gasteiger partial charge in [-0.25, -0.2) is 13.4 Å². The molecule has 1 unspecified atom stereocenters. The Morgan fingerprint density at radius 3 is 2.43 bits per heavy atom. The molecule has 0 aliphatic carbocycles. The van der Waals surface area contributed by atoms with Crippen LogP contribution in [0, 0.1) is 0 Å². The fraction of sp³-hybridized carbons (Fsp3) is 0.136. The van der Waals surface area contributed by atoms with Gasteiger partial charge < -0.3 is 9.30 Å². The lowest BCUT2D eigenvalue weighted by molar-refractivity contribution is 0.402. The van der Waals surface area contributed by atoms with Gasteiger partial charge in [-0.1, -0.05) is 58.4 Å². The maximum atomic E-state index is 13.4. The number of hydrogen-bond donors (Lipinski definition) is 1. The molecule has 1 atom stereocenters. The van der Waals surface area contributed by atoms with Crippen LogP contribution >= 0.6 is 15.9 Å². The first kappa shape index (κ1) is 20.6. The third-order valence-electron chi connectivity index (χ3n) is 4.90. The van der Waals surface area contributed by atoms with Crippen LogP contribution in [0.15, 0.2) is 82.2 Å². The van der Waals surface area contributed by atoms with E-state index >= 15 is 0 Å². The molecule has 0 aliphatic heterocycles. The summed E-state index contributed by atoms with van der Waals surface area (Å²) in [7, 11) is -0.603. The molecular formula is C22H20BrN3O3S. The van der Waals surface area contributed by atoms with Crippen LogP contribution in [0.25, 0.3) is 11.0 Å². The van der Waals surface area contributed by atoms with Gasteiger partial charge in [-0.3, -0.25) is 0 Å². The molecule has 0 fully saturated rings. The number of sulfonamides is 1. The second-order valence-corrected chi connectivity index (χ2v) is 9.38. The number of ether oxygens (including phenoxy) is 1. The quantitative estimate of drug-likeness (QED) is 0.438. The molecule has 1 heterocycles. The van der Waals surface area contributed by atoms with Gasteiger partial charge in [-0.05, 0) is 35.9 Å². The Morgan fingerprint density at radius 2 is 1.73 bits per heavy atom. The van der Waals surface area contributed by atoms with E-state index < -0.39 is 16.1 Å². The minimum atomic E-state index is -3.93. The predicted octanol–water partition coefficient (Wildman–Crippen LogP) is 4.41. The Hall–Kier alpha value is -2.68. The van der Waals surface area contributed by atoms with Crippen molar-refractivity contribution in [1.29, 1.82) is 0 Å². The Kier molecular flexibility index (Phi) is 5.64. The number of para-hydroxylation sites is 2. The first-order chi connectivity index (χ1) is 14.4. The lowest BCUT2D eigenvalue weighted by Gasteiger charge is -2.20. The van der Waals surface area contributed by atoms with Crippen molar-refractivity contribution in [3.63, 3.8) is 0 Å². The van der Waals surface area contributed by atoms with Crippen molar-refractivity contribution in [3.8, 4) is 5.75 Å². The molecule has 4 aromatic rings. The minimum Gasteiger partial charge on any atom is -0.495 e. The largest absolute Gasteiger partial charge is 0.495 e. The summed E-state index contributed by atoms with van der Waals surface area (Å²) in [4.78, 5) is 4.78. The van der Waals surface area contributed by atoms with Crippen LogP contribution in [-0.4, -0.2) is 25.1 Å². The van der Waals surface area contributed by atoms with Gasteiger partial charge in [0.25, 0.3) is 0 Å². The van der Waals surface area contributed by atoms with Gasteiger partial charge in [0.05, 0.1) is 18.1 Å². The van der Waals surface area contributed by atoms with Crippen molar-refractivity contribution >= 4 is 37.0 Å². The average Bonchev–Trinajstić information content (AvgIpc) is 3.09. The number of methoxy groups -OCH3 is 1. The lowest BCUT2D eigenvalue weighted by Crippen LogP contribution is -2.31. The number of imidazole rings is 1. The number of aryl methyl sites for hydroxylation is 1. The van der Waals surface area contributed by atoms with Crippen molar-refractivity contribution < 1.29 is 13.2 Å². The first-order valence-corrected chi connectivity index (χ1v) is 11.5. The summed E-state index contributed by atoms with van der Waals surface area (Å²) in [6.45, 7) is 0. The Morgan fingerprint density at radius 1 is 1.03 bits per heavy atom. The Bertz CT molecular complexity index is 1300. The van der Waals surface area contributed by atoms with Gasteiger partial charge in [-0.2, -0.15) is 4.72 Å². The van der Waals surface area contributed by atoms with E-state index in [-0.39, 0.29) is 10.6 Å². The first-order valence-electron chi connectivity index (χ1n) is 9.23. The highest BCUT2D eigenvalue weighted by molar-refractivity contribution is 9.10. The highest BCUT2D eigenvalue weighted by Gasteiger charge is 2.29.